The third-order valence-electron chi connectivity index (χ3n) is 8.20. The minimum Gasteiger partial charge on any atom is -0.208 e. The molecule has 0 saturated carbocycles. The highest BCUT2D eigenvalue weighted by Crippen LogP contribution is 2.27. The van der Waals surface area contributed by atoms with Gasteiger partial charge in [0.25, 0.3) is 0 Å². The van der Waals surface area contributed by atoms with Gasteiger partial charge in [-0.2, -0.15) is 0 Å². The molecule has 6 heteroatoms. The summed E-state index contributed by atoms with van der Waals surface area (Å²) < 4.78 is 0. The molecule has 0 atom stereocenters. The summed E-state index contributed by atoms with van der Waals surface area (Å²) >= 11 is 0. The predicted molar refractivity (Wildman–Crippen MR) is 201 cm³/mol. The van der Waals surface area contributed by atoms with Gasteiger partial charge in [-0.1, -0.05) is 182 Å². The smallest absolute Gasteiger partial charge is 0.164 e. The Morgan fingerprint density at radius 2 is 0.420 bits per heavy atom. The summed E-state index contributed by atoms with van der Waals surface area (Å²) in [6.45, 7) is 0. The number of rotatable bonds is 8. The van der Waals surface area contributed by atoms with Gasteiger partial charge in [0.15, 0.2) is 34.9 Å². The van der Waals surface area contributed by atoms with Crippen LogP contribution in [0.4, 0.5) is 0 Å². The molecule has 50 heavy (non-hydrogen) atoms. The number of aromatic nitrogens is 6. The van der Waals surface area contributed by atoms with Gasteiger partial charge in [-0.15, -0.1) is 0 Å². The number of hydrogen-bond donors (Lipinski definition) is 0. The minimum atomic E-state index is 0.632. The lowest BCUT2D eigenvalue weighted by molar-refractivity contribution is 1.07. The molecule has 236 valence electrons. The standard InChI is InChI=1S/C44H30N6/c1-5-13-33(14-6-1)39-45-40(34-15-7-2-8-16-34)48-43(47-39)37-27-23-31(24-28-37)21-22-32-25-29-38(30-26-32)44-49-41(35-17-9-3-10-18-35)46-42(50-44)36-19-11-4-12-20-36/h1-30H/b22-21+. The van der Waals surface area contributed by atoms with Gasteiger partial charge in [0.05, 0.1) is 0 Å². The van der Waals surface area contributed by atoms with Crippen molar-refractivity contribution in [2.45, 2.75) is 0 Å². The Morgan fingerprint density at radius 1 is 0.220 bits per heavy atom. The number of nitrogens with zero attached hydrogens (tertiary/aromatic N) is 6. The molecule has 0 saturated heterocycles. The molecule has 2 aromatic heterocycles. The molecule has 6 nitrogen and oxygen atoms in total. The highest BCUT2D eigenvalue weighted by Gasteiger charge is 2.13. The predicted octanol–water partition coefficient (Wildman–Crippen LogP) is 10.2. The molecule has 0 aliphatic rings. The normalized spacial score (nSPS) is 11.1. The second-order valence-corrected chi connectivity index (χ2v) is 11.7. The van der Waals surface area contributed by atoms with Gasteiger partial charge in [-0.25, -0.2) is 29.9 Å². The van der Waals surface area contributed by atoms with Crippen LogP contribution >= 0.6 is 0 Å². The summed E-state index contributed by atoms with van der Waals surface area (Å²) in [7, 11) is 0. The van der Waals surface area contributed by atoms with E-state index in [1.165, 1.54) is 0 Å². The fraction of sp³-hybridized carbons (Fsp3) is 0. The van der Waals surface area contributed by atoms with Crippen LogP contribution in [0.3, 0.4) is 0 Å². The van der Waals surface area contributed by atoms with Gasteiger partial charge in [0, 0.05) is 33.4 Å². The van der Waals surface area contributed by atoms with E-state index in [1.54, 1.807) is 0 Å². The zero-order valence-corrected chi connectivity index (χ0v) is 27.0. The summed E-state index contributed by atoms with van der Waals surface area (Å²) in [6, 6.07) is 56.5. The van der Waals surface area contributed by atoms with E-state index in [4.69, 9.17) is 29.9 Å². The maximum Gasteiger partial charge on any atom is 0.164 e. The first-order valence-corrected chi connectivity index (χ1v) is 16.4. The second-order valence-electron chi connectivity index (χ2n) is 11.7. The average molecular weight is 643 g/mol. The van der Waals surface area contributed by atoms with Crippen LogP contribution in [-0.2, 0) is 0 Å². The Bertz CT molecular complexity index is 2090. The van der Waals surface area contributed by atoms with Crippen LogP contribution in [0.5, 0.6) is 0 Å². The maximum absolute atomic E-state index is 4.85. The molecule has 0 aliphatic carbocycles. The van der Waals surface area contributed by atoms with Crippen LogP contribution in [0.15, 0.2) is 170 Å². The van der Waals surface area contributed by atoms with Crippen LogP contribution in [0.2, 0.25) is 0 Å². The van der Waals surface area contributed by atoms with E-state index in [-0.39, 0.29) is 0 Å². The summed E-state index contributed by atoms with van der Waals surface area (Å²) in [5, 5.41) is 0. The van der Waals surface area contributed by atoms with Gasteiger partial charge in [-0.3, -0.25) is 0 Å². The third-order valence-corrected chi connectivity index (χ3v) is 8.20. The largest absolute Gasteiger partial charge is 0.208 e. The van der Waals surface area contributed by atoms with Gasteiger partial charge in [-0.05, 0) is 11.1 Å². The van der Waals surface area contributed by atoms with Crippen molar-refractivity contribution in [3.63, 3.8) is 0 Å². The van der Waals surface area contributed by atoms with Crippen LogP contribution in [-0.4, -0.2) is 29.9 Å². The van der Waals surface area contributed by atoms with Crippen molar-refractivity contribution < 1.29 is 0 Å². The molecule has 0 bridgehead atoms. The van der Waals surface area contributed by atoms with E-state index in [2.05, 4.69) is 60.7 Å². The molecule has 2 heterocycles. The van der Waals surface area contributed by atoms with E-state index in [1.807, 2.05) is 121 Å². The molecular formula is C44H30N6. The SMILES string of the molecule is C(=C\c1ccc(-c2nc(-c3ccccc3)nc(-c3ccccc3)n2)cc1)/c1ccc(-c2nc(-c3ccccc3)nc(-c3ccccc3)n2)cc1. The molecule has 0 amide bonds. The fourth-order valence-electron chi connectivity index (χ4n) is 5.55. The number of hydrogen-bond acceptors (Lipinski definition) is 6. The Kier molecular flexibility index (Phi) is 8.55. The van der Waals surface area contributed by atoms with E-state index < -0.39 is 0 Å². The van der Waals surface area contributed by atoms with E-state index in [0.717, 1.165) is 44.5 Å². The van der Waals surface area contributed by atoms with Crippen LogP contribution in [0.1, 0.15) is 11.1 Å². The lowest BCUT2D eigenvalue weighted by atomic mass is 10.1. The highest BCUT2D eigenvalue weighted by atomic mass is 15.0. The summed E-state index contributed by atoms with van der Waals surface area (Å²) in [5.41, 5.74) is 7.76. The summed E-state index contributed by atoms with van der Waals surface area (Å²) in [5.74, 6) is 3.84. The first-order chi connectivity index (χ1) is 24.7. The maximum atomic E-state index is 4.85. The van der Waals surface area contributed by atoms with E-state index >= 15 is 0 Å². The average Bonchev–Trinajstić information content (AvgIpc) is 3.21. The fourth-order valence-corrected chi connectivity index (χ4v) is 5.55. The van der Waals surface area contributed by atoms with Gasteiger partial charge >= 0.3 is 0 Å². The van der Waals surface area contributed by atoms with Crippen LogP contribution in [0, 0.1) is 0 Å². The van der Waals surface area contributed by atoms with Crippen molar-refractivity contribution in [2.24, 2.45) is 0 Å². The minimum absolute atomic E-state index is 0.632. The Balaban J connectivity index is 1.04. The molecule has 0 spiro atoms. The van der Waals surface area contributed by atoms with Crippen molar-refractivity contribution in [2.75, 3.05) is 0 Å². The topological polar surface area (TPSA) is 77.3 Å². The number of benzene rings is 6. The molecule has 0 unspecified atom stereocenters. The van der Waals surface area contributed by atoms with Crippen molar-refractivity contribution in [1.29, 1.82) is 0 Å². The first-order valence-electron chi connectivity index (χ1n) is 16.4. The monoisotopic (exact) mass is 642 g/mol. The van der Waals surface area contributed by atoms with Crippen molar-refractivity contribution >= 4 is 12.2 Å². The Morgan fingerprint density at radius 3 is 0.640 bits per heavy atom. The quantitative estimate of drug-likeness (QED) is 0.154. The van der Waals surface area contributed by atoms with E-state index in [0.29, 0.717) is 34.9 Å². The van der Waals surface area contributed by atoms with Crippen LogP contribution < -0.4 is 0 Å². The Hall–Kier alpha value is -6.92. The molecule has 8 aromatic rings. The van der Waals surface area contributed by atoms with Crippen LogP contribution in [0.25, 0.3) is 80.5 Å². The van der Waals surface area contributed by atoms with Gasteiger partial charge in [0.1, 0.15) is 0 Å². The lowest BCUT2D eigenvalue weighted by Gasteiger charge is -2.08. The Labute approximate surface area is 290 Å². The van der Waals surface area contributed by atoms with Crippen molar-refractivity contribution in [3.8, 4) is 68.3 Å². The van der Waals surface area contributed by atoms with E-state index in [9.17, 15) is 0 Å². The second kappa shape index (κ2) is 14.1. The third kappa shape index (κ3) is 6.86. The van der Waals surface area contributed by atoms with Crippen molar-refractivity contribution in [3.05, 3.63) is 181 Å². The zero-order valence-electron chi connectivity index (χ0n) is 27.0. The van der Waals surface area contributed by atoms with Gasteiger partial charge in [0.2, 0.25) is 0 Å². The zero-order chi connectivity index (χ0) is 33.5. The molecule has 0 radical (unpaired) electrons. The first kappa shape index (κ1) is 30.4. The molecule has 0 aliphatic heterocycles. The summed E-state index contributed by atoms with van der Waals surface area (Å²) in [6.07, 6.45) is 4.20. The van der Waals surface area contributed by atoms with Gasteiger partial charge < -0.3 is 0 Å². The molecule has 0 N–H and O–H groups in total. The lowest BCUT2D eigenvalue weighted by Crippen LogP contribution is -2.00. The molecule has 0 fully saturated rings. The summed E-state index contributed by atoms with van der Waals surface area (Å²) in [4.78, 5) is 29.0. The van der Waals surface area contributed by atoms with Crippen molar-refractivity contribution in [1.82, 2.24) is 29.9 Å². The highest BCUT2D eigenvalue weighted by molar-refractivity contribution is 5.74. The molecule has 6 aromatic carbocycles. The molecule has 8 rings (SSSR count). The molecular weight excluding hydrogens is 613 g/mol.